The van der Waals surface area contributed by atoms with Crippen LogP contribution >= 0.6 is 0 Å². The lowest BCUT2D eigenvalue weighted by Crippen LogP contribution is -2.31. The SMILES string of the molecule is CCC1(CC)CCN(c2ncc(S(C)(=O)=O)c([C@@H]3CCCNC3)n2)C1. The Hall–Kier alpha value is -1.21. The van der Waals surface area contributed by atoms with Gasteiger partial charge in [0.1, 0.15) is 4.90 Å². The number of rotatable bonds is 5. The van der Waals surface area contributed by atoms with Crippen LogP contribution in [0.5, 0.6) is 0 Å². The molecule has 0 bridgehead atoms. The van der Waals surface area contributed by atoms with Gasteiger partial charge < -0.3 is 10.2 Å². The van der Waals surface area contributed by atoms with Gasteiger partial charge in [0.2, 0.25) is 5.95 Å². The van der Waals surface area contributed by atoms with Crippen molar-refractivity contribution in [3.05, 3.63) is 11.9 Å². The molecule has 0 saturated carbocycles. The minimum atomic E-state index is -3.33. The molecule has 0 spiro atoms. The molecule has 0 radical (unpaired) electrons. The molecular weight excluding hydrogens is 336 g/mol. The minimum absolute atomic E-state index is 0.143. The maximum Gasteiger partial charge on any atom is 0.225 e. The average molecular weight is 367 g/mol. The Labute approximate surface area is 151 Å². The number of anilines is 1. The van der Waals surface area contributed by atoms with Crippen molar-refractivity contribution in [3.8, 4) is 0 Å². The molecule has 2 fully saturated rings. The molecule has 3 rings (SSSR count). The van der Waals surface area contributed by atoms with Crippen molar-refractivity contribution in [2.45, 2.75) is 56.8 Å². The number of nitrogens with one attached hydrogen (secondary N) is 1. The van der Waals surface area contributed by atoms with Crippen molar-refractivity contribution in [2.24, 2.45) is 5.41 Å². The van der Waals surface area contributed by atoms with Gasteiger partial charge in [0.05, 0.1) is 11.9 Å². The lowest BCUT2D eigenvalue weighted by atomic mass is 9.82. The smallest absolute Gasteiger partial charge is 0.225 e. The van der Waals surface area contributed by atoms with E-state index in [1.54, 1.807) is 0 Å². The maximum atomic E-state index is 12.2. The van der Waals surface area contributed by atoms with E-state index in [9.17, 15) is 8.42 Å². The second-order valence-corrected chi connectivity index (χ2v) is 9.60. The van der Waals surface area contributed by atoms with Crippen molar-refractivity contribution in [1.82, 2.24) is 15.3 Å². The summed E-state index contributed by atoms with van der Waals surface area (Å²) in [7, 11) is -3.33. The molecule has 2 aliphatic rings. The Morgan fingerprint density at radius 3 is 2.68 bits per heavy atom. The molecule has 1 aromatic rings. The van der Waals surface area contributed by atoms with E-state index in [4.69, 9.17) is 4.98 Å². The molecule has 6 nitrogen and oxygen atoms in total. The first-order chi connectivity index (χ1) is 11.9. The fourth-order valence-electron chi connectivity index (χ4n) is 4.12. The van der Waals surface area contributed by atoms with Crippen molar-refractivity contribution in [2.75, 3.05) is 37.3 Å². The highest BCUT2D eigenvalue weighted by Crippen LogP contribution is 2.38. The van der Waals surface area contributed by atoms with Crippen LogP contribution in [0.25, 0.3) is 0 Å². The highest BCUT2D eigenvalue weighted by Gasteiger charge is 2.36. The standard InChI is InChI=1S/C18H30N4O2S/c1-4-18(5-2)8-10-22(13-18)17-20-12-15(25(3,23)24)16(21-17)14-7-6-9-19-11-14/h12,14,19H,4-11,13H2,1-3H3/t14-/m1/s1. The van der Waals surface area contributed by atoms with E-state index in [1.807, 2.05) is 0 Å². The summed E-state index contributed by atoms with van der Waals surface area (Å²) in [5.74, 6) is 0.835. The van der Waals surface area contributed by atoms with Gasteiger partial charge in [0, 0.05) is 31.8 Å². The summed E-state index contributed by atoms with van der Waals surface area (Å²) in [6.07, 6.45) is 8.25. The number of nitrogens with zero attached hydrogens (tertiary/aromatic N) is 3. The van der Waals surface area contributed by atoms with Crippen LogP contribution in [0.2, 0.25) is 0 Å². The minimum Gasteiger partial charge on any atom is -0.340 e. The lowest BCUT2D eigenvalue weighted by molar-refractivity contribution is 0.301. The Kier molecular flexibility index (Phi) is 5.34. The van der Waals surface area contributed by atoms with Crippen LogP contribution in [0.3, 0.4) is 0 Å². The molecule has 2 aliphatic heterocycles. The van der Waals surface area contributed by atoms with Crippen molar-refractivity contribution < 1.29 is 8.42 Å². The fraction of sp³-hybridized carbons (Fsp3) is 0.778. The van der Waals surface area contributed by atoms with E-state index < -0.39 is 9.84 Å². The van der Waals surface area contributed by atoms with E-state index in [0.717, 1.165) is 58.3 Å². The summed E-state index contributed by atoms with van der Waals surface area (Å²) in [6, 6.07) is 0. The number of piperidine rings is 1. The zero-order valence-electron chi connectivity index (χ0n) is 15.6. The van der Waals surface area contributed by atoms with Crippen LogP contribution in [0.1, 0.15) is 57.6 Å². The molecule has 7 heteroatoms. The van der Waals surface area contributed by atoms with Gasteiger partial charge >= 0.3 is 0 Å². The summed E-state index contributed by atoms with van der Waals surface area (Å²) < 4.78 is 24.4. The van der Waals surface area contributed by atoms with E-state index in [2.05, 4.69) is 29.0 Å². The lowest BCUT2D eigenvalue weighted by Gasteiger charge is -2.27. The fourth-order valence-corrected chi connectivity index (χ4v) is 4.96. The first-order valence-corrected chi connectivity index (χ1v) is 11.3. The quantitative estimate of drug-likeness (QED) is 0.862. The summed E-state index contributed by atoms with van der Waals surface area (Å²) in [4.78, 5) is 11.7. The third-order valence-corrected chi connectivity index (χ3v) is 7.19. The topological polar surface area (TPSA) is 75.2 Å². The van der Waals surface area contributed by atoms with Crippen LogP contribution in [0, 0.1) is 5.41 Å². The second-order valence-electron chi connectivity index (χ2n) is 7.61. The number of aromatic nitrogens is 2. The van der Waals surface area contributed by atoms with E-state index >= 15 is 0 Å². The largest absolute Gasteiger partial charge is 0.340 e. The average Bonchev–Trinajstić information content (AvgIpc) is 3.06. The second kappa shape index (κ2) is 7.19. The third kappa shape index (κ3) is 3.82. The number of hydrogen-bond acceptors (Lipinski definition) is 6. The molecule has 0 unspecified atom stereocenters. The molecular formula is C18H30N4O2S. The first kappa shape index (κ1) is 18.6. The van der Waals surface area contributed by atoms with Crippen molar-refractivity contribution in [1.29, 1.82) is 0 Å². The molecule has 3 heterocycles. The molecule has 25 heavy (non-hydrogen) atoms. The third-order valence-electron chi connectivity index (χ3n) is 6.07. The summed E-state index contributed by atoms with van der Waals surface area (Å²) >= 11 is 0. The molecule has 0 aromatic carbocycles. The predicted molar refractivity (Wildman–Crippen MR) is 99.8 cm³/mol. The zero-order valence-corrected chi connectivity index (χ0v) is 16.4. The Morgan fingerprint density at radius 2 is 2.12 bits per heavy atom. The maximum absolute atomic E-state index is 12.2. The van der Waals surface area contributed by atoms with E-state index in [0.29, 0.717) is 22.0 Å². The van der Waals surface area contributed by atoms with Gasteiger partial charge in [-0.3, -0.25) is 0 Å². The molecule has 1 atom stereocenters. The van der Waals surface area contributed by atoms with Crippen LogP contribution in [-0.4, -0.2) is 50.8 Å². The van der Waals surface area contributed by atoms with Crippen molar-refractivity contribution >= 4 is 15.8 Å². The zero-order chi connectivity index (χ0) is 18.1. The normalized spacial score (nSPS) is 23.8. The molecule has 2 saturated heterocycles. The van der Waals surface area contributed by atoms with Crippen LogP contribution in [-0.2, 0) is 9.84 Å². The molecule has 0 amide bonds. The predicted octanol–water partition coefficient (Wildman–Crippen LogP) is 2.36. The highest BCUT2D eigenvalue weighted by molar-refractivity contribution is 7.90. The Bertz CT molecular complexity index is 710. The van der Waals surface area contributed by atoms with Gasteiger partial charge in [-0.2, -0.15) is 0 Å². The molecule has 1 aromatic heterocycles. The first-order valence-electron chi connectivity index (χ1n) is 9.41. The number of hydrogen-bond donors (Lipinski definition) is 1. The molecule has 0 aliphatic carbocycles. The summed E-state index contributed by atoms with van der Waals surface area (Å²) in [5, 5.41) is 3.36. The van der Waals surface area contributed by atoms with Crippen molar-refractivity contribution in [3.63, 3.8) is 0 Å². The Balaban J connectivity index is 1.94. The highest BCUT2D eigenvalue weighted by atomic mass is 32.2. The van der Waals surface area contributed by atoms with Gasteiger partial charge in [-0.1, -0.05) is 13.8 Å². The summed E-state index contributed by atoms with van der Waals surface area (Å²) in [6.45, 7) is 8.18. The van der Waals surface area contributed by atoms with E-state index in [1.165, 1.54) is 12.5 Å². The van der Waals surface area contributed by atoms with Crippen LogP contribution < -0.4 is 10.2 Å². The van der Waals surface area contributed by atoms with Gasteiger partial charge in [0.15, 0.2) is 9.84 Å². The van der Waals surface area contributed by atoms with Gasteiger partial charge in [0.25, 0.3) is 0 Å². The summed E-state index contributed by atoms with van der Waals surface area (Å²) in [5.41, 5.74) is 1.04. The van der Waals surface area contributed by atoms with Gasteiger partial charge in [-0.15, -0.1) is 0 Å². The van der Waals surface area contributed by atoms with Gasteiger partial charge in [-0.05, 0) is 44.1 Å². The Morgan fingerprint density at radius 1 is 1.36 bits per heavy atom. The molecule has 140 valence electrons. The monoisotopic (exact) mass is 366 g/mol. The van der Waals surface area contributed by atoms with Crippen LogP contribution in [0.15, 0.2) is 11.1 Å². The van der Waals surface area contributed by atoms with E-state index in [-0.39, 0.29) is 5.92 Å². The molecule has 1 N–H and O–H groups in total. The van der Waals surface area contributed by atoms with Gasteiger partial charge in [-0.25, -0.2) is 18.4 Å². The van der Waals surface area contributed by atoms with Crippen LogP contribution in [0.4, 0.5) is 5.95 Å². The number of sulfone groups is 1.